The zero-order valence-electron chi connectivity index (χ0n) is 10.4. The molecule has 0 bridgehead atoms. The van der Waals surface area contributed by atoms with Gasteiger partial charge in [0.15, 0.2) is 9.84 Å². The Hall–Kier alpha value is -1.76. The number of hydrogen-bond donors (Lipinski definition) is 2. The van der Waals surface area contributed by atoms with E-state index in [0.717, 1.165) is 0 Å². The zero-order chi connectivity index (χ0) is 14.0. The summed E-state index contributed by atoms with van der Waals surface area (Å²) in [4.78, 5) is 12.1. The number of hydrogen-bond acceptors (Lipinski definition) is 5. The number of methoxy groups -OCH3 is 1. The summed E-state index contributed by atoms with van der Waals surface area (Å²) in [7, 11) is -1.66. The zero-order valence-corrected chi connectivity index (χ0v) is 11.2. The maximum absolute atomic E-state index is 12.1. The van der Waals surface area contributed by atoms with Crippen LogP contribution >= 0.6 is 0 Å². The van der Waals surface area contributed by atoms with Gasteiger partial charge < -0.3 is 15.2 Å². The second kappa shape index (κ2) is 5.08. The van der Waals surface area contributed by atoms with Gasteiger partial charge in [-0.15, -0.1) is 0 Å². The van der Waals surface area contributed by atoms with Gasteiger partial charge in [-0.2, -0.15) is 0 Å². The number of sulfone groups is 1. The molecule has 0 saturated carbocycles. The molecule has 2 N–H and O–H groups in total. The van der Waals surface area contributed by atoms with E-state index in [1.54, 1.807) is 12.1 Å². The van der Waals surface area contributed by atoms with Crippen LogP contribution in [0.3, 0.4) is 0 Å². The minimum atomic E-state index is -3.06. The Morgan fingerprint density at radius 1 is 1.47 bits per heavy atom. The molecule has 0 spiro atoms. The fourth-order valence-corrected chi connectivity index (χ4v) is 3.76. The third-order valence-corrected chi connectivity index (χ3v) is 4.79. The highest BCUT2D eigenvalue weighted by atomic mass is 32.2. The van der Waals surface area contributed by atoms with Crippen molar-refractivity contribution in [2.75, 3.05) is 18.6 Å². The molecule has 0 aromatic heterocycles. The van der Waals surface area contributed by atoms with Crippen molar-refractivity contribution in [2.45, 2.75) is 12.5 Å². The van der Waals surface area contributed by atoms with Crippen molar-refractivity contribution >= 4 is 15.7 Å². The highest BCUT2D eigenvalue weighted by Gasteiger charge is 2.30. The van der Waals surface area contributed by atoms with E-state index in [2.05, 4.69) is 5.32 Å². The number of phenols is 1. The molecule has 1 amide bonds. The Morgan fingerprint density at radius 2 is 2.21 bits per heavy atom. The summed E-state index contributed by atoms with van der Waals surface area (Å²) in [6, 6.07) is 4.08. The van der Waals surface area contributed by atoms with Crippen molar-refractivity contribution in [2.24, 2.45) is 0 Å². The van der Waals surface area contributed by atoms with Gasteiger partial charge in [-0.3, -0.25) is 4.79 Å². The largest absolute Gasteiger partial charge is 0.507 e. The average Bonchev–Trinajstić information content (AvgIpc) is 2.67. The predicted octanol–water partition coefficient (Wildman–Crippen LogP) is 0.318. The first-order chi connectivity index (χ1) is 8.93. The van der Waals surface area contributed by atoms with Gasteiger partial charge in [-0.25, -0.2) is 8.42 Å². The van der Waals surface area contributed by atoms with Crippen LogP contribution in [0.25, 0.3) is 0 Å². The van der Waals surface area contributed by atoms with Crippen LogP contribution in [0, 0.1) is 0 Å². The maximum Gasteiger partial charge on any atom is 0.259 e. The molecule has 1 fully saturated rings. The Labute approximate surface area is 111 Å². The molecule has 1 aromatic carbocycles. The van der Waals surface area contributed by atoms with Crippen molar-refractivity contribution in [1.29, 1.82) is 0 Å². The van der Waals surface area contributed by atoms with E-state index in [1.807, 2.05) is 0 Å². The summed E-state index contributed by atoms with van der Waals surface area (Å²) >= 11 is 0. The lowest BCUT2D eigenvalue weighted by Crippen LogP contribution is -2.35. The molecule has 104 valence electrons. The fourth-order valence-electron chi connectivity index (χ4n) is 2.08. The maximum atomic E-state index is 12.1. The summed E-state index contributed by atoms with van der Waals surface area (Å²) in [6.07, 6.45) is 0.393. The van der Waals surface area contributed by atoms with E-state index < -0.39 is 21.8 Å². The smallest absolute Gasteiger partial charge is 0.259 e. The first kappa shape index (κ1) is 13.7. The van der Waals surface area contributed by atoms with Gasteiger partial charge in [0.05, 0.1) is 18.6 Å². The van der Waals surface area contributed by atoms with Crippen LogP contribution in [-0.2, 0) is 9.84 Å². The summed E-state index contributed by atoms with van der Waals surface area (Å²) < 4.78 is 27.7. The van der Waals surface area contributed by atoms with Crippen LogP contribution in [-0.4, -0.2) is 44.1 Å². The molecule has 1 atom stereocenters. The Morgan fingerprint density at radius 3 is 2.79 bits per heavy atom. The Balaban J connectivity index is 2.17. The van der Waals surface area contributed by atoms with E-state index in [-0.39, 0.29) is 28.6 Å². The fraction of sp³-hybridized carbons (Fsp3) is 0.417. The van der Waals surface area contributed by atoms with Gasteiger partial charge in [0, 0.05) is 6.04 Å². The molecule has 1 aliphatic rings. The number of carbonyl (C=O) groups excluding carboxylic acids is 1. The first-order valence-corrected chi connectivity index (χ1v) is 7.62. The summed E-state index contributed by atoms with van der Waals surface area (Å²) in [5, 5.41) is 12.3. The minimum Gasteiger partial charge on any atom is -0.507 e. The number of rotatable bonds is 3. The van der Waals surface area contributed by atoms with Crippen molar-refractivity contribution in [3.8, 4) is 11.5 Å². The summed E-state index contributed by atoms with van der Waals surface area (Å²) in [5.41, 5.74) is 0.0225. The second-order valence-electron chi connectivity index (χ2n) is 4.43. The van der Waals surface area contributed by atoms with Crippen molar-refractivity contribution < 1.29 is 23.1 Å². The van der Waals surface area contributed by atoms with Gasteiger partial charge in [-0.05, 0) is 18.6 Å². The van der Waals surface area contributed by atoms with E-state index in [1.165, 1.54) is 13.2 Å². The molecular formula is C12H15NO5S. The molecule has 0 radical (unpaired) electrons. The highest BCUT2D eigenvalue weighted by molar-refractivity contribution is 7.91. The monoisotopic (exact) mass is 285 g/mol. The molecule has 1 unspecified atom stereocenters. The van der Waals surface area contributed by atoms with Gasteiger partial charge in [0.25, 0.3) is 5.91 Å². The number of benzene rings is 1. The van der Waals surface area contributed by atoms with Crippen LogP contribution in [0.5, 0.6) is 11.5 Å². The number of carbonyl (C=O) groups is 1. The number of aromatic hydroxyl groups is 1. The average molecular weight is 285 g/mol. The van der Waals surface area contributed by atoms with Gasteiger partial charge in [0.2, 0.25) is 0 Å². The van der Waals surface area contributed by atoms with Crippen molar-refractivity contribution in [1.82, 2.24) is 5.32 Å². The first-order valence-electron chi connectivity index (χ1n) is 5.80. The standard InChI is InChI=1S/C12H15NO5S/c1-18-10-4-2-3-9(14)11(10)12(15)13-8-5-6-19(16,17)7-8/h2-4,8,14H,5-7H2,1H3,(H,13,15). The molecule has 19 heavy (non-hydrogen) atoms. The molecule has 6 nitrogen and oxygen atoms in total. The summed E-state index contributed by atoms with van der Waals surface area (Å²) in [5.74, 6) is -0.460. The topological polar surface area (TPSA) is 92.7 Å². The molecular weight excluding hydrogens is 270 g/mol. The van der Waals surface area contributed by atoms with E-state index >= 15 is 0 Å². The van der Waals surface area contributed by atoms with Crippen molar-refractivity contribution in [3.63, 3.8) is 0 Å². The molecule has 2 rings (SSSR count). The highest BCUT2D eigenvalue weighted by Crippen LogP contribution is 2.27. The van der Waals surface area contributed by atoms with Crippen molar-refractivity contribution in [3.05, 3.63) is 23.8 Å². The van der Waals surface area contributed by atoms with E-state index in [0.29, 0.717) is 6.42 Å². The molecule has 0 aliphatic carbocycles. The predicted molar refractivity (Wildman–Crippen MR) is 69.2 cm³/mol. The van der Waals surface area contributed by atoms with E-state index in [9.17, 15) is 18.3 Å². The SMILES string of the molecule is COc1cccc(O)c1C(=O)NC1CCS(=O)(=O)C1. The number of amides is 1. The summed E-state index contributed by atoms with van der Waals surface area (Å²) in [6.45, 7) is 0. The Kier molecular flexibility index (Phi) is 3.66. The van der Waals surface area contributed by atoms with Crippen LogP contribution in [0.15, 0.2) is 18.2 Å². The van der Waals surface area contributed by atoms with Crippen LogP contribution in [0.4, 0.5) is 0 Å². The third-order valence-electron chi connectivity index (χ3n) is 3.02. The van der Waals surface area contributed by atoms with Gasteiger partial charge in [0.1, 0.15) is 17.1 Å². The molecule has 1 aromatic rings. The van der Waals surface area contributed by atoms with Gasteiger partial charge >= 0.3 is 0 Å². The van der Waals surface area contributed by atoms with Crippen LogP contribution in [0.2, 0.25) is 0 Å². The Bertz CT molecular complexity index is 596. The lowest BCUT2D eigenvalue weighted by molar-refractivity contribution is 0.0935. The van der Waals surface area contributed by atoms with Gasteiger partial charge in [-0.1, -0.05) is 6.07 Å². The molecule has 7 heteroatoms. The number of phenolic OH excluding ortho intramolecular Hbond substituents is 1. The van der Waals surface area contributed by atoms with E-state index in [4.69, 9.17) is 4.74 Å². The molecule has 1 heterocycles. The molecule has 1 aliphatic heterocycles. The molecule has 1 saturated heterocycles. The minimum absolute atomic E-state index is 0.0225. The lowest BCUT2D eigenvalue weighted by Gasteiger charge is -2.14. The lowest BCUT2D eigenvalue weighted by atomic mass is 10.1. The normalized spacial score (nSPS) is 21.0. The van der Waals surface area contributed by atoms with Crippen LogP contribution in [0.1, 0.15) is 16.8 Å². The van der Waals surface area contributed by atoms with Crippen LogP contribution < -0.4 is 10.1 Å². The second-order valence-corrected chi connectivity index (χ2v) is 6.66. The number of nitrogens with one attached hydrogen (secondary N) is 1. The quantitative estimate of drug-likeness (QED) is 0.834. The third kappa shape index (κ3) is 2.98. The number of ether oxygens (including phenoxy) is 1.